The molecule has 0 atom stereocenters. The highest BCUT2D eigenvalue weighted by atomic mass is 79.9. The number of anilines is 1. The summed E-state index contributed by atoms with van der Waals surface area (Å²) in [5, 5.41) is 3.06. The summed E-state index contributed by atoms with van der Waals surface area (Å²) in [7, 11) is 0. The SMILES string of the molecule is O=C1Nc2cccc(Br)c2C1(c1ccccc1)c1ccccc1. The molecule has 0 aromatic heterocycles. The van der Waals surface area contributed by atoms with Crippen LogP contribution in [0.5, 0.6) is 0 Å². The van der Waals surface area contributed by atoms with Crippen molar-refractivity contribution in [1.29, 1.82) is 0 Å². The van der Waals surface area contributed by atoms with Gasteiger partial charge in [-0.2, -0.15) is 0 Å². The molecule has 3 aromatic rings. The Hall–Kier alpha value is -2.39. The first kappa shape index (κ1) is 14.2. The molecule has 0 saturated heterocycles. The first-order valence-electron chi connectivity index (χ1n) is 7.46. The van der Waals surface area contributed by atoms with Crippen LogP contribution in [-0.2, 0) is 10.2 Å². The lowest BCUT2D eigenvalue weighted by atomic mass is 9.70. The summed E-state index contributed by atoms with van der Waals surface area (Å²) < 4.78 is 0.932. The van der Waals surface area contributed by atoms with Crippen molar-refractivity contribution in [2.24, 2.45) is 0 Å². The fourth-order valence-corrected chi connectivity index (χ4v) is 4.10. The van der Waals surface area contributed by atoms with E-state index in [-0.39, 0.29) is 5.91 Å². The quantitative estimate of drug-likeness (QED) is 0.700. The van der Waals surface area contributed by atoms with Gasteiger partial charge in [0.15, 0.2) is 0 Å². The molecule has 4 rings (SSSR count). The van der Waals surface area contributed by atoms with E-state index in [0.29, 0.717) is 0 Å². The van der Waals surface area contributed by atoms with Crippen LogP contribution in [0.15, 0.2) is 83.3 Å². The van der Waals surface area contributed by atoms with E-state index in [2.05, 4.69) is 21.2 Å². The van der Waals surface area contributed by atoms with E-state index in [0.717, 1.165) is 26.9 Å². The molecular formula is C20H14BrNO. The van der Waals surface area contributed by atoms with Crippen LogP contribution < -0.4 is 5.32 Å². The zero-order valence-corrected chi connectivity index (χ0v) is 13.9. The lowest BCUT2D eigenvalue weighted by Crippen LogP contribution is -2.37. The van der Waals surface area contributed by atoms with Crippen molar-refractivity contribution in [2.75, 3.05) is 5.32 Å². The predicted molar refractivity (Wildman–Crippen MR) is 95.5 cm³/mol. The van der Waals surface area contributed by atoms with Gasteiger partial charge in [-0.25, -0.2) is 0 Å². The summed E-state index contributed by atoms with van der Waals surface area (Å²) in [5.74, 6) is -0.0169. The molecule has 1 amide bonds. The Labute approximate surface area is 143 Å². The topological polar surface area (TPSA) is 29.1 Å². The Kier molecular flexibility index (Phi) is 3.31. The van der Waals surface area contributed by atoms with Crippen LogP contribution >= 0.6 is 15.9 Å². The molecule has 0 radical (unpaired) electrons. The van der Waals surface area contributed by atoms with E-state index >= 15 is 0 Å². The van der Waals surface area contributed by atoms with Gasteiger partial charge in [0.1, 0.15) is 5.41 Å². The molecule has 0 bridgehead atoms. The standard InChI is InChI=1S/C20H14BrNO/c21-16-12-7-13-17-18(16)20(19(23)22-17,14-8-3-1-4-9-14)15-10-5-2-6-11-15/h1-13H,(H,22,23). The third-order valence-corrected chi connectivity index (χ3v) is 5.05. The molecule has 0 unspecified atom stereocenters. The molecule has 0 aliphatic carbocycles. The summed E-state index contributed by atoms with van der Waals surface area (Å²) in [6, 6.07) is 25.8. The Morgan fingerprint density at radius 1 is 0.739 bits per heavy atom. The molecule has 3 heteroatoms. The largest absolute Gasteiger partial charge is 0.324 e. The maximum absolute atomic E-state index is 13.2. The number of carbonyl (C=O) groups excluding carboxylic acids is 1. The molecule has 112 valence electrons. The number of fused-ring (bicyclic) bond motifs is 1. The van der Waals surface area contributed by atoms with Crippen molar-refractivity contribution < 1.29 is 4.79 Å². The smallest absolute Gasteiger partial charge is 0.244 e. The summed E-state index contributed by atoms with van der Waals surface area (Å²) in [5.41, 5.74) is 2.93. The van der Waals surface area contributed by atoms with Gasteiger partial charge in [0.05, 0.1) is 0 Å². The van der Waals surface area contributed by atoms with Crippen molar-refractivity contribution >= 4 is 27.5 Å². The maximum Gasteiger partial charge on any atom is 0.244 e. The Morgan fingerprint density at radius 3 is 1.87 bits per heavy atom. The van der Waals surface area contributed by atoms with E-state index in [9.17, 15) is 4.79 Å². The van der Waals surface area contributed by atoms with Crippen LogP contribution in [0.1, 0.15) is 16.7 Å². The Bertz CT molecular complexity index is 835. The summed E-state index contributed by atoms with van der Waals surface area (Å²) in [6.45, 7) is 0. The van der Waals surface area contributed by atoms with Crippen molar-refractivity contribution in [1.82, 2.24) is 0 Å². The average Bonchev–Trinajstić information content (AvgIpc) is 2.90. The summed E-state index contributed by atoms with van der Waals surface area (Å²) in [4.78, 5) is 13.2. The highest BCUT2D eigenvalue weighted by molar-refractivity contribution is 9.10. The number of hydrogen-bond donors (Lipinski definition) is 1. The zero-order valence-electron chi connectivity index (χ0n) is 12.3. The van der Waals surface area contributed by atoms with Crippen molar-refractivity contribution in [3.05, 3.63) is 100 Å². The molecule has 23 heavy (non-hydrogen) atoms. The molecular weight excluding hydrogens is 350 g/mol. The molecule has 1 aliphatic rings. The molecule has 0 saturated carbocycles. The lowest BCUT2D eigenvalue weighted by Gasteiger charge is -2.29. The summed E-state index contributed by atoms with van der Waals surface area (Å²) >= 11 is 3.65. The number of benzene rings is 3. The van der Waals surface area contributed by atoms with Crippen LogP contribution in [0.2, 0.25) is 0 Å². The normalized spacial score (nSPS) is 15.1. The van der Waals surface area contributed by atoms with Crippen molar-refractivity contribution in [3.63, 3.8) is 0 Å². The third-order valence-electron chi connectivity index (χ3n) is 4.39. The maximum atomic E-state index is 13.2. The van der Waals surface area contributed by atoms with Crippen LogP contribution in [0.25, 0.3) is 0 Å². The molecule has 1 heterocycles. The minimum atomic E-state index is -0.835. The predicted octanol–water partition coefficient (Wildman–Crippen LogP) is 4.74. The number of rotatable bonds is 2. The van der Waals surface area contributed by atoms with Gasteiger partial charge in [-0.05, 0) is 23.3 Å². The first-order chi connectivity index (χ1) is 11.2. The van der Waals surface area contributed by atoms with Gasteiger partial charge in [0.2, 0.25) is 5.91 Å². The van der Waals surface area contributed by atoms with Crippen LogP contribution in [0.4, 0.5) is 5.69 Å². The molecule has 3 aromatic carbocycles. The zero-order chi connectivity index (χ0) is 15.9. The summed E-state index contributed by atoms with van der Waals surface area (Å²) in [6.07, 6.45) is 0. The van der Waals surface area contributed by atoms with E-state index in [1.54, 1.807) is 0 Å². The van der Waals surface area contributed by atoms with Crippen molar-refractivity contribution in [2.45, 2.75) is 5.41 Å². The molecule has 0 spiro atoms. The number of hydrogen-bond acceptors (Lipinski definition) is 1. The van der Waals surface area contributed by atoms with E-state index in [4.69, 9.17) is 0 Å². The van der Waals surface area contributed by atoms with Gasteiger partial charge in [0, 0.05) is 15.7 Å². The fourth-order valence-electron chi connectivity index (χ4n) is 3.43. The van der Waals surface area contributed by atoms with Crippen LogP contribution in [0.3, 0.4) is 0 Å². The van der Waals surface area contributed by atoms with E-state index in [1.807, 2.05) is 78.9 Å². The Morgan fingerprint density at radius 2 is 1.30 bits per heavy atom. The molecule has 1 aliphatic heterocycles. The van der Waals surface area contributed by atoms with Gasteiger partial charge in [-0.15, -0.1) is 0 Å². The molecule has 0 fully saturated rings. The van der Waals surface area contributed by atoms with Gasteiger partial charge < -0.3 is 5.32 Å². The molecule has 2 nitrogen and oxygen atoms in total. The Balaban J connectivity index is 2.13. The molecule has 1 N–H and O–H groups in total. The first-order valence-corrected chi connectivity index (χ1v) is 8.25. The van der Waals surface area contributed by atoms with Crippen molar-refractivity contribution in [3.8, 4) is 0 Å². The highest BCUT2D eigenvalue weighted by Crippen LogP contribution is 2.50. The van der Waals surface area contributed by atoms with Gasteiger partial charge in [-0.3, -0.25) is 4.79 Å². The number of carbonyl (C=O) groups is 1. The monoisotopic (exact) mass is 363 g/mol. The van der Waals surface area contributed by atoms with Gasteiger partial charge >= 0.3 is 0 Å². The lowest BCUT2D eigenvalue weighted by molar-refractivity contribution is -0.118. The highest BCUT2D eigenvalue weighted by Gasteiger charge is 2.50. The van der Waals surface area contributed by atoms with Crippen LogP contribution in [0, 0.1) is 0 Å². The number of halogens is 1. The second kappa shape index (κ2) is 5.36. The van der Waals surface area contributed by atoms with Gasteiger partial charge in [-0.1, -0.05) is 82.7 Å². The third kappa shape index (κ3) is 1.97. The second-order valence-corrected chi connectivity index (χ2v) is 6.45. The average molecular weight is 364 g/mol. The van der Waals surface area contributed by atoms with E-state index in [1.165, 1.54) is 0 Å². The fraction of sp³-hybridized carbons (Fsp3) is 0.0500. The van der Waals surface area contributed by atoms with Gasteiger partial charge in [0.25, 0.3) is 0 Å². The number of nitrogens with one attached hydrogen (secondary N) is 1. The second-order valence-electron chi connectivity index (χ2n) is 5.60. The minimum absolute atomic E-state index is 0.0169. The minimum Gasteiger partial charge on any atom is -0.324 e. The van der Waals surface area contributed by atoms with E-state index < -0.39 is 5.41 Å². The number of amides is 1. The van der Waals surface area contributed by atoms with Crippen LogP contribution in [-0.4, -0.2) is 5.91 Å².